The van der Waals surface area contributed by atoms with Crippen LogP contribution < -0.4 is 10.5 Å². The van der Waals surface area contributed by atoms with Gasteiger partial charge in [0.1, 0.15) is 4.90 Å². The van der Waals surface area contributed by atoms with Gasteiger partial charge in [-0.1, -0.05) is 31.5 Å². The van der Waals surface area contributed by atoms with Gasteiger partial charge in [0.05, 0.1) is 11.4 Å². The van der Waals surface area contributed by atoms with Crippen molar-refractivity contribution in [3.05, 3.63) is 53.9 Å². The Morgan fingerprint density at radius 1 is 1.19 bits per heavy atom. The molecule has 0 radical (unpaired) electrons. The van der Waals surface area contributed by atoms with Crippen LogP contribution in [0.2, 0.25) is 0 Å². The predicted molar refractivity (Wildman–Crippen MR) is 83.4 cm³/mol. The average Bonchev–Trinajstić information content (AvgIpc) is 2.49. The Morgan fingerprint density at radius 2 is 1.95 bits per heavy atom. The van der Waals surface area contributed by atoms with Gasteiger partial charge in [0.25, 0.3) is 10.0 Å². The minimum atomic E-state index is -3.63. The molecule has 21 heavy (non-hydrogen) atoms. The smallest absolute Gasteiger partial charge is 0.263 e. The number of nitrogens with one attached hydrogen (secondary N) is 1. The number of sulfonamides is 1. The van der Waals surface area contributed by atoms with Gasteiger partial charge in [-0.15, -0.1) is 0 Å². The second-order valence-electron chi connectivity index (χ2n) is 4.70. The lowest BCUT2D eigenvalue weighted by atomic mass is 10.1. The van der Waals surface area contributed by atoms with E-state index in [0.29, 0.717) is 11.4 Å². The Labute approximate surface area is 125 Å². The topological polar surface area (TPSA) is 85.1 Å². The standard InChI is InChI=1S/C15H19N3O2S/c1-2-5-12-6-3-4-7-15(12)18-21(19,20)14-9-8-13(10-16)17-11-14/h3-4,6-9,11,18H,2,5,10,16H2,1H3. The highest BCUT2D eigenvalue weighted by Crippen LogP contribution is 2.21. The Kier molecular flexibility index (Phi) is 4.93. The zero-order valence-corrected chi connectivity index (χ0v) is 12.7. The number of para-hydroxylation sites is 1. The Morgan fingerprint density at radius 3 is 2.57 bits per heavy atom. The summed E-state index contributed by atoms with van der Waals surface area (Å²) in [5.41, 5.74) is 7.71. The highest BCUT2D eigenvalue weighted by molar-refractivity contribution is 7.92. The van der Waals surface area contributed by atoms with Crippen molar-refractivity contribution in [2.45, 2.75) is 31.2 Å². The summed E-state index contributed by atoms with van der Waals surface area (Å²) in [7, 11) is -3.63. The molecule has 0 atom stereocenters. The van der Waals surface area contributed by atoms with E-state index in [1.807, 2.05) is 18.2 Å². The van der Waals surface area contributed by atoms with Gasteiger partial charge in [0.2, 0.25) is 0 Å². The van der Waals surface area contributed by atoms with Crippen LogP contribution in [0.15, 0.2) is 47.5 Å². The zero-order valence-electron chi connectivity index (χ0n) is 11.9. The first-order valence-electron chi connectivity index (χ1n) is 6.82. The van der Waals surface area contributed by atoms with Crippen molar-refractivity contribution in [1.82, 2.24) is 4.98 Å². The van der Waals surface area contributed by atoms with Gasteiger partial charge < -0.3 is 5.73 Å². The molecule has 1 heterocycles. The summed E-state index contributed by atoms with van der Waals surface area (Å²) in [6, 6.07) is 10.5. The second-order valence-corrected chi connectivity index (χ2v) is 6.38. The number of aromatic nitrogens is 1. The molecule has 0 bridgehead atoms. The molecule has 0 fully saturated rings. The summed E-state index contributed by atoms with van der Waals surface area (Å²) in [6.07, 6.45) is 3.10. The summed E-state index contributed by atoms with van der Waals surface area (Å²) in [5, 5.41) is 0. The Bertz CT molecular complexity index is 697. The van der Waals surface area contributed by atoms with E-state index in [1.165, 1.54) is 12.3 Å². The maximum absolute atomic E-state index is 12.4. The van der Waals surface area contributed by atoms with E-state index < -0.39 is 10.0 Å². The molecule has 0 aliphatic heterocycles. The molecule has 0 saturated heterocycles. The number of hydrogen-bond acceptors (Lipinski definition) is 4. The van der Waals surface area contributed by atoms with Crippen molar-refractivity contribution in [1.29, 1.82) is 0 Å². The van der Waals surface area contributed by atoms with E-state index in [2.05, 4.69) is 16.6 Å². The van der Waals surface area contributed by atoms with Crippen molar-refractivity contribution in [2.24, 2.45) is 5.73 Å². The van der Waals surface area contributed by atoms with Crippen molar-refractivity contribution in [3.8, 4) is 0 Å². The number of benzene rings is 1. The fourth-order valence-corrected chi connectivity index (χ4v) is 3.05. The van der Waals surface area contributed by atoms with E-state index in [0.717, 1.165) is 18.4 Å². The van der Waals surface area contributed by atoms with Gasteiger partial charge in [0.15, 0.2) is 0 Å². The summed E-state index contributed by atoms with van der Waals surface area (Å²) < 4.78 is 27.4. The second kappa shape index (κ2) is 6.69. The number of anilines is 1. The van der Waals surface area contributed by atoms with E-state index >= 15 is 0 Å². The summed E-state index contributed by atoms with van der Waals surface area (Å²) >= 11 is 0. The van der Waals surface area contributed by atoms with Crippen LogP contribution in [0.4, 0.5) is 5.69 Å². The minimum Gasteiger partial charge on any atom is -0.325 e. The van der Waals surface area contributed by atoms with Crippen LogP contribution in [0.3, 0.4) is 0 Å². The van der Waals surface area contributed by atoms with E-state index in [-0.39, 0.29) is 11.4 Å². The molecule has 0 saturated carbocycles. The lowest BCUT2D eigenvalue weighted by molar-refractivity contribution is 0.600. The molecular formula is C15H19N3O2S. The highest BCUT2D eigenvalue weighted by Gasteiger charge is 2.16. The molecule has 5 nitrogen and oxygen atoms in total. The molecule has 1 aromatic carbocycles. The number of pyridine rings is 1. The molecule has 112 valence electrons. The van der Waals surface area contributed by atoms with Crippen molar-refractivity contribution >= 4 is 15.7 Å². The van der Waals surface area contributed by atoms with Gasteiger partial charge in [-0.25, -0.2) is 8.42 Å². The van der Waals surface area contributed by atoms with Crippen LogP contribution in [-0.4, -0.2) is 13.4 Å². The minimum absolute atomic E-state index is 0.131. The van der Waals surface area contributed by atoms with E-state index in [4.69, 9.17) is 5.73 Å². The first-order chi connectivity index (χ1) is 10.1. The third-order valence-electron chi connectivity index (χ3n) is 3.10. The molecule has 0 amide bonds. The van der Waals surface area contributed by atoms with Gasteiger partial charge >= 0.3 is 0 Å². The third-order valence-corrected chi connectivity index (χ3v) is 4.45. The first-order valence-corrected chi connectivity index (χ1v) is 8.31. The predicted octanol–water partition coefficient (Wildman–Crippen LogP) is 2.29. The lowest BCUT2D eigenvalue weighted by Crippen LogP contribution is -2.15. The molecule has 0 unspecified atom stereocenters. The summed E-state index contributed by atoms with van der Waals surface area (Å²) in [5.74, 6) is 0. The highest BCUT2D eigenvalue weighted by atomic mass is 32.2. The molecule has 2 aromatic rings. The maximum atomic E-state index is 12.4. The van der Waals surface area contributed by atoms with Gasteiger partial charge in [-0.05, 0) is 30.2 Å². The van der Waals surface area contributed by atoms with Crippen LogP contribution in [0.25, 0.3) is 0 Å². The molecule has 6 heteroatoms. The van der Waals surface area contributed by atoms with Crippen LogP contribution in [0.1, 0.15) is 24.6 Å². The van der Waals surface area contributed by atoms with Gasteiger partial charge in [-0.3, -0.25) is 9.71 Å². The molecule has 2 rings (SSSR count). The van der Waals surface area contributed by atoms with E-state index in [9.17, 15) is 8.42 Å². The molecule has 3 N–H and O–H groups in total. The van der Waals surface area contributed by atoms with Crippen LogP contribution in [-0.2, 0) is 23.0 Å². The monoisotopic (exact) mass is 305 g/mol. The third kappa shape index (κ3) is 3.80. The number of hydrogen-bond donors (Lipinski definition) is 2. The van der Waals surface area contributed by atoms with Crippen LogP contribution >= 0.6 is 0 Å². The number of aryl methyl sites for hydroxylation is 1. The number of rotatable bonds is 6. The fraction of sp³-hybridized carbons (Fsp3) is 0.267. The Hall–Kier alpha value is -1.92. The SMILES string of the molecule is CCCc1ccccc1NS(=O)(=O)c1ccc(CN)nc1. The quantitative estimate of drug-likeness (QED) is 0.857. The number of nitrogens with zero attached hydrogens (tertiary/aromatic N) is 1. The van der Waals surface area contributed by atoms with Gasteiger partial charge in [-0.2, -0.15) is 0 Å². The normalized spacial score (nSPS) is 11.3. The largest absolute Gasteiger partial charge is 0.325 e. The molecule has 0 aliphatic rings. The van der Waals surface area contributed by atoms with Crippen LogP contribution in [0.5, 0.6) is 0 Å². The van der Waals surface area contributed by atoms with Crippen molar-refractivity contribution in [2.75, 3.05) is 4.72 Å². The van der Waals surface area contributed by atoms with Crippen molar-refractivity contribution < 1.29 is 8.42 Å². The van der Waals surface area contributed by atoms with Crippen molar-refractivity contribution in [3.63, 3.8) is 0 Å². The average molecular weight is 305 g/mol. The molecule has 0 aliphatic carbocycles. The molecule has 1 aromatic heterocycles. The van der Waals surface area contributed by atoms with E-state index in [1.54, 1.807) is 12.1 Å². The first kappa shape index (κ1) is 15.5. The molecular weight excluding hydrogens is 286 g/mol. The Balaban J connectivity index is 2.28. The molecule has 0 spiro atoms. The summed E-state index contributed by atoms with van der Waals surface area (Å²) in [6.45, 7) is 2.34. The number of nitrogens with two attached hydrogens (primary N) is 1. The van der Waals surface area contributed by atoms with Crippen LogP contribution in [0, 0.1) is 0 Å². The zero-order chi connectivity index (χ0) is 15.3. The summed E-state index contributed by atoms with van der Waals surface area (Å²) in [4.78, 5) is 4.15. The fourth-order valence-electron chi connectivity index (χ4n) is 2.00. The maximum Gasteiger partial charge on any atom is 0.263 e. The lowest BCUT2D eigenvalue weighted by Gasteiger charge is -2.12. The van der Waals surface area contributed by atoms with Gasteiger partial charge in [0, 0.05) is 12.7 Å².